The highest BCUT2D eigenvalue weighted by molar-refractivity contribution is 5.72. The van der Waals surface area contributed by atoms with E-state index in [2.05, 4.69) is 5.48 Å². The van der Waals surface area contributed by atoms with Crippen LogP contribution in [-0.4, -0.2) is 19.6 Å². The molecule has 0 aliphatic heterocycles. The molecule has 1 atom stereocenters. The van der Waals surface area contributed by atoms with Gasteiger partial charge in [0.15, 0.2) is 0 Å². The van der Waals surface area contributed by atoms with E-state index in [1.807, 2.05) is 30.3 Å². The Hall–Kier alpha value is -1.39. The highest BCUT2D eigenvalue weighted by Gasteiger charge is 2.24. The third kappa shape index (κ3) is 5.78. The average Bonchev–Trinajstić information content (AvgIpc) is 2.58. The van der Waals surface area contributed by atoms with Crippen LogP contribution in [0.4, 0.5) is 0 Å². The van der Waals surface area contributed by atoms with Crippen molar-refractivity contribution in [3.05, 3.63) is 35.9 Å². The summed E-state index contributed by atoms with van der Waals surface area (Å²) in [6.07, 6.45) is 7.27. The van der Waals surface area contributed by atoms with Crippen LogP contribution in [0.3, 0.4) is 0 Å². The summed E-state index contributed by atoms with van der Waals surface area (Å²) in [6, 6.07) is 9.98. The number of carbonyl (C=O) groups excluding carboxylic acids is 1. The predicted molar refractivity (Wildman–Crippen MR) is 85.9 cm³/mol. The molecule has 4 nitrogen and oxygen atoms in total. The van der Waals surface area contributed by atoms with Crippen molar-refractivity contribution in [2.24, 2.45) is 11.8 Å². The minimum atomic E-state index is -0.138. The third-order valence-corrected chi connectivity index (χ3v) is 4.39. The van der Waals surface area contributed by atoms with Crippen molar-refractivity contribution < 1.29 is 14.4 Å². The Labute approximate surface area is 133 Å². The Morgan fingerprint density at radius 2 is 1.95 bits per heavy atom. The van der Waals surface area contributed by atoms with E-state index >= 15 is 0 Å². The number of esters is 1. The minimum Gasteiger partial charge on any atom is -0.469 e. The molecule has 1 N–H and O–H groups in total. The second kappa shape index (κ2) is 9.59. The first-order valence-corrected chi connectivity index (χ1v) is 8.26. The van der Waals surface area contributed by atoms with Crippen molar-refractivity contribution in [2.75, 3.05) is 13.7 Å². The van der Waals surface area contributed by atoms with Crippen LogP contribution in [0, 0.1) is 11.8 Å². The number of methoxy groups -OCH3 is 1. The first-order chi connectivity index (χ1) is 10.8. The fraction of sp³-hybridized carbons (Fsp3) is 0.611. The van der Waals surface area contributed by atoms with Gasteiger partial charge in [0.05, 0.1) is 19.6 Å². The molecule has 0 aromatic heterocycles. The average molecular weight is 305 g/mol. The Morgan fingerprint density at radius 3 is 2.64 bits per heavy atom. The molecule has 1 aromatic rings. The van der Waals surface area contributed by atoms with E-state index in [0.717, 1.165) is 12.0 Å². The summed E-state index contributed by atoms with van der Waals surface area (Å²) in [5, 5.41) is 0. The van der Waals surface area contributed by atoms with Crippen LogP contribution < -0.4 is 5.48 Å². The lowest BCUT2D eigenvalue weighted by Crippen LogP contribution is -2.31. The Kier molecular flexibility index (Phi) is 7.40. The standard InChI is InChI=1S/C18H27NO3/c1-21-18(20)17(12-15-8-4-2-5-9-15)13-19-22-14-16-10-6-3-7-11-16/h3,6-7,10-11,15,17,19H,2,4-5,8-9,12-14H2,1H3. The topological polar surface area (TPSA) is 47.6 Å². The molecule has 22 heavy (non-hydrogen) atoms. The summed E-state index contributed by atoms with van der Waals surface area (Å²) in [4.78, 5) is 17.4. The zero-order chi connectivity index (χ0) is 15.6. The smallest absolute Gasteiger partial charge is 0.310 e. The summed E-state index contributed by atoms with van der Waals surface area (Å²) >= 11 is 0. The van der Waals surface area contributed by atoms with E-state index in [0.29, 0.717) is 19.1 Å². The fourth-order valence-electron chi connectivity index (χ4n) is 3.12. The largest absolute Gasteiger partial charge is 0.469 e. The van der Waals surface area contributed by atoms with Gasteiger partial charge in [-0.2, -0.15) is 0 Å². The van der Waals surface area contributed by atoms with E-state index in [1.54, 1.807) is 0 Å². The molecular formula is C18H27NO3. The maximum absolute atomic E-state index is 11.9. The highest BCUT2D eigenvalue weighted by atomic mass is 16.6. The molecule has 1 unspecified atom stereocenters. The molecule has 0 spiro atoms. The van der Waals surface area contributed by atoms with E-state index in [-0.39, 0.29) is 11.9 Å². The SMILES string of the molecule is COC(=O)C(CNOCc1ccccc1)CC1CCCCC1. The molecule has 0 saturated heterocycles. The lowest BCUT2D eigenvalue weighted by Gasteiger charge is -2.25. The van der Waals surface area contributed by atoms with Gasteiger partial charge in [-0.3, -0.25) is 9.63 Å². The van der Waals surface area contributed by atoms with Gasteiger partial charge in [-0.05, 0) is 17.9 Å². The van der Waals surface area contributed by atoms with Gasteiger partial charge >= 0.3 is 5.97 Å². The summed E-state index contributed by atoms with van der Waals surface area (Å²) in [5.74, 6) is 0.388. The molecule has 0 bridgehead atoms. The molecule has 4 heteroatoms. The van der Waals surface area contributed by atoms with Crippen LogP contribution in [0.1, 0.15) is 44.1 Å². The Morgan fingerprint density at radius 1 is 1.23 bits per heavy atom. The molecule has 1 aliphatic rings. The Bertz CT molecular complexity index is 429. The zero-order valence-electron chi connectivity index (χ0n) is 13.4. The lowest BCUT2D eigenvalue weighted by molar-refractivity contribution is -0.147. The maximum Gasteiger partial charge on any atom is 0.310 e. The number of hydrogen-bond acceptors (Lipinski definition) is 4. The van der Waals surface area contributed by atoms with Crippen LogP contribution in [0.15, 0.2) is 30.3 Å². The molecule has 1 saturated carbocycles. The van der Waals surface area contributed by atoms with Crippen LogP contribution in [0.2, 0.25) is 0 Å². The van der Waals surface area contributed by atoms with Gasteiger partial charge < -0.3 is 4.74 Å². The van der Waals surface area contributed by atoms with Crippen molar-refractivity contribution in [2.45, 2.75) is 45.1 Å². The number of hydrogen-bond donors (Lipinski definition) is 1. The van der Waals surface area contributed by atoms with E-state index in [9.17, 15) is 4.79 Å². The summed E-state index contributed by atoms with van der Waals surface area (Å²) < 4.78 is 4.93. The number of nitrogens with one attached hydrogen (secondary N) is 1. The summed E-state index contributed by atoms with van der Waals surface area (Å²) in [7, 11) is 1.46. The summed E-state index contributed by atoms with van der Waals surface area (Å²) in [5.41, 5.74) is 4.05. The maximum atomic E-state index is 11.9. The normalized spacial score (nSPS) is 17.1. The van der Waals surface area contributed by atoms with Crippen molar-refractivity contribution in [1.82, 2.24) is 5.48 Å². The zero-order valence-corrected chi connectivity index (χ0v) is 13.4. The molecule has 0 heterocycles. The second-order valence-electron chi connectivity index (χ2n) is 6.08. The van der Waals surface area contributed by atoms with Crippen molar-refractivity contribution in [3.8, 4) is 0 Å². The van der Waals surface area contributed by atoms with Gasteiger partial charge in [-0.25, -0.2) is 5.48 Å². The lowest BCUT2D eigenvalue weighted by atomic mass is 9.83. The number of hydroxylamine groups is 1. The number of rotatable bonds is 8. The number of carbonyl (C=O) groups is 1. The van der Waals surface area contributed by atoms with Gasteiger partial charge in [0.2, 0.25) is 0 Å². The van der Waals surface area contributed by atoms with Crippen molar-refractivity contribution >= 4 is 5.97 Å². The van der Waals surface area contributed by atoms with Crippen molar-refractivity contribution in [3.63, 3.8) is 0 Å². The second-order valence-corrected chi connectivity index (χ2v) is 6.08. The molecular weight excluding hydrogens is 278 g/mol. The molecule has 1 aliphatic carbocycles. The molecule has 1 aromatic carbocycles. The van der Waals surface area contributed by atoms with Gasteiger partial charge in [-0.1, -0.05) is 62.4 Å². The highest BCUT2D eigenvalue weighted by Crippen LogP contribution is 2.29. The minimum absolute atomic E-state index is 0.121. The van der Waals surface area contributed by atoms with Gasteiger partial charge in [0, 0.05) is 6.54 Å². The van der Waals surface area contributed by atoms with Gasteiger partial charge in [-0.15, -0.1) is 0 Å². The molecule has 0 amide bonds. The van der Waals surface area contributed by atoms with Crippen molar-refractivity contribution in [1.29, 1.82) is 0 Å². The molecule has 2 rings (SSSR count). The molecule has 122 valence electrons. The van der Waals surface area contributed by atoms with Crippen LogP contribution in [-0.2, 0) is 21.0 Å². The van der Waals surface area contributed by atoms with E-state index < -0.39 is 0 Å². The monoisotopic (exact) mass is 305 g/mol. The van der Waals surface area contributed by atoms with Crippen LogP contribution >= 0.6 is 0 Å². The fourth-order valence-corrected chi connectivity index (χ4v) is 3.12. The van der Waals surface area contributed by atoms with Crippen LogP contribution in [0.25, 0.3) is 0 Å². The third-order valence-electron chi connectivity index (χ3n) is 4.39. The quantitative estimate of drug-likeness (QED) is 0.454. The number of ether oxygens (including phenoxy) is 1. The molecule has 0 radical (unpaired) electrons. The first-order valence-electron chi connectivity index (χ1n) is 8.26. The molecule has 1 fully saturated rings. The predicted octanol–water partition coefficient (Wildman–Crippen LogP) is 3.47. The Balaban J connectivity index is 1.73. The summed E-state index contributed by atoms with van der Waals surface area (Å²) in [6.45, 7) is 1.01. The van der Waals surface area contributed by atoms with E-state index in [1.165, 1.54) is 39.2 Å². The van der Waals surface area contributed by atoms with E-state index in [4.69, 9.17) is 9.57 Å². The van der Waals surface area contributed by atoms with Crippen LogP contribution in [0.5, 0.6) is 0 Å². The van der Waals surface area contributed by atoms with Gasteiger partial charge in [0.25, 0.3) is 0 Å². The number of benzene rings is 1. The first kappa shape index (κ1) is 17.0. The van der Waals surface area contributed by atoms with Gasteiger partial charge in [0.1, 0.15) is 0 Å².